The number of nitrogens with two attached hydrogens (primary N) is 1. The van der Waals surface area contributed by atoms with E-state index < -0.39 is 0 Å². The van der Waals surface area contributed by atoms with Crippen molar-refractivity contribution in [3.8, 4) is 0 Å². The molecule has 0 aromatic heterocycles. The van der Waals surface area contributed by atoms with E-state index in [0.29, 0.717) is 0 Å². The van der Waals surface area contributed by atoms with E-state index in [1.165, 1.54) is 32.1 Å². The van der Waals surface area contributed by atoms with Crippen molar-refractivity contribution in [3.63, 3.8) is 0 Å². The molecular formula is C9H20N2. The summed E-state index contributed by atoms with van der Waals surface area (Å²) in [6, 6.07) is 0.809. The van der Waals surface area contributed by atoms with Crippen molar-refractivity contribution in [2.45, 2.75) is 38.1 Å². The normalized spacial score (nSPS) is 20.5. The largest absolute Gasteiger partial charge is 0.478 e. The SMILES string of the molecule is [CH2-][NH2+]CCNC1CCCCC1. The van der Waals surface area contributed by atoms with Gasteiger partial charge in [-0.25, -0.2) is 0 Å². The second-order valence-corrected chi connectivity index (χ2v) is 3.37. The maximum atomic E-state index is 3.70. The Balaban J connectivity index is 1.96. The molecule has 0 bridgehead atoms. The molecule has 1 rings (SSSR count). The van der Waals surface area contributed by atoms with Gasteiger partial charge in [-0.3, -0.25) is 0 Å². The van der Waals surface area contributed by atoms with Gasteiger partial charge in [-0.15, -0.1) is 0 Å². The van der Waals surface area contributed by atoms with Crippen molar-refractivity contribution in [1.82, 2.24) is 5.32 Å². The summed E-state index contributed by atoms with van der Waals surface area (Å²) in [4.78, 5) is 0. The topological polar surface area (TPSA) is 28.6 Å². The van der Waals surface area contributed by atoms with Gasteiger partial charge in [-0.1, -0.05) is 19.3 Å². The first kappa shape index (κ1) is 9.01. The molecular weight excluding hydrogens is 136 g/mol. The zero-order chi connectivity index (χ0) is 7.94. The molecule has 0 aromatic carbocycles. The van der Waals surface area contributed by atoms with Crippen molar-refractivity contribution in [2.75, 3.05) is 13.1 Å². The van der Waals surface area contributed by atoms with Crippen LogP contribution in [0.3, 0.4) is 0 Å². The highest BCUT2D eigenvalue weighted by Crippen LogP contribution is 2.16. The molecule has 66 valence electrons. The van der Waals surface area contributed by atoms with Crippen LogP contribution < -0.4 is 10.6 Å². The lowest BCUT2D eigenvalue weighted by Crippen LogP contribution is -2.78. The summed E-state index contributed by atoms with van der Waals surface area (Å²) in [5.41, 5.74) is 0. The van der Waals surface area contributed by atoms with Crippen LogP contribution in [0.5, 0.6) is 0 Å². The zero-order valence-electron chi connectivity index (χ0n) is 7.31. The summed E-state index contributed by atoms with van der Waals surface area (Å²) < 4.78 is 0. The Morgan fingerprint density at radius 2 is 2.00 bits per heavy atom. The molecule has 3 N–H and O–H groups in total. The van der Waals surface area contributed by atoms with Gasteiger partial charge in [0.25, 0.3) is 0 Å². The van der Waals surface area contributed by atoms with Crippen LogP contribution in [-0.2, 0) is 0 Å². The van der Waals surface area contributed by atoms with Gasteiger partial charge in [0, 0.05) is 12.6 Å². The average Bonchev–Trinajstić information content (AvgIpc) is 2.07. The van der Waals surface area contributed by atoms with Crippen LogP contribution >= 0.6 is 0 Å². The molecule has 2 nitrogen and oxygen atoms in total. The average molecular weight is 156 g/mol. The zero-order valence-corrected chi connectivity index (χ0v) is 7.31. The molecule has 0 unspecified atom stereocenters. The number of rotatable bonds is 4. The smallest absolute Gasteiger partial charge is 0.0642 e. The Kier molecular flexibility index (Phi) is 4.55. The van der Waals surface area contributed by atoms with Gasteiger partial charge in [0.15, 0.2) is 0 Å². The van der Waals surface area contributed by atoms with Gasteiger partial charge in [0.2, 0.25) is 0 Å². The minimum atomic E-state index is 0.809. The summed E-state index contributed by atoms with van der Waals surface area (Å²) in [6.45, 7) is 2.23. The summed E-state index contributed by atoms with van der Waals surface area (Å²) >= 11 is 0. The van der Waals surface area contributed by atoms with Crippen LogP contribution in [0.25, 0.3) is 0 Å². The summed E-state index contributed by atoms with van der Waals surface area (Å²) in [5.74, 6) is 0. The third-order valence-electron chi connectivity index (χ3n) is 2.39. The highest BCUT2D eigenvalue weighted by Gasteiger charge is 2.11. The van der Waals surface area contributed by atoms with E-state index in [0.717, 1.165) is 19.1 Å². The Morgan fingerprint density at radius 1 is 1.27 bits per heavy atom. The van der Waals surface area contributed by atoms with E-state index >= 15 is 0 Å². The molecule has 0 spiro atoms. The second kappa shape index (κ2) is 5.56. The Labute approximate surface area is 69.8 Å². The Bertz CT molecular complexity index is 87.6. The van der Waals surface area contributed by atoms with Gasteiger partial charge in [-0.05, 0) is 12.8 Å². The van der Waals surface area contributed by atoms with Gasteiger partial charge in [-0.2, -0.15) is 7.05 Å². The van der Waals surface area contributed by atoms with Crippen LogP contribution in [0.1, 0.15) is 32.1 Å². The highest BCUT2D eigenvalue weighted by atomic mass is 14.9. The standard InChI is InChI=1S/C9H20N2/c1-10-7-8-11-9-5-3-2-4-6-9/h9,11H,1-8,10H2. The first-order valence-corrected chi connectivity index (χ1v) is 4.78. The molecule has 1 aliphatic carbocycles. The van der Waals surface area contributed by atoms with Crippen LogP contribution in [0.15, 0.2) is 0 Å². The molecule has 0 radical (unpaired) electrons. The van der Waals surface area contributed by atoms with Gasteiger partial charge >= 0.3 is 0 Å². The van der Waals surface area contributed by atoms with Crippen LogP contribution in [0, 0.1) is 7.05 Å². The number of hydrogen-bond acceptors (Lipinski definition) is 1. The van der Waals surface area contributed by atoms with Crippen molar-refractivity contribution >= 4 is 0 Å². The third kappa shape index (κ3) is 3.73. The molecule has 2 heteroatoms. The lowest BCUT2D eigenvalue weighted by atomic mass is 9.95. The van der Waals surface area contributed by atoms with Crippen LogP contribution in [0.4, 0.5) is 0 Å². The van der Waals surface area contributed by atoms with Crippen molar-refractivity contribution in [1.29, 1.82) is 0 Å². The molecule has 11 heavy (non-hydrogen) atoms. The van der Waals surface area contributed by atoms with Crippen LogP contribution in [0.2, 0.25) is 0 Å². The summed E-state index contributed by atoms with van der Waals surface area (Å²) in [7, 11) is 3.70. The minimum absolute atomic E-state index is 0.809. The molecule has 0 heterocycles. The predicted octanol–water partition coefficient (Wildman–Crippen LogP) is 0.264. The van der Waals surface area contributed by atoms with Gasteiger partial charge < -0.3 is 10.6 Å². The Morgan fingerprint density at radius 3 is 2.64 bits per heavy atom. The van der Waals surface area contributed by atoms with E-state index in [1.807, 2.05) is 5.32 Å². The minimum Gasteiger partial charge on any atom is -0.478 e. The quantitative estimate of drug-likeness (QED) is 0.444. The number of nitrogens with one attached hydrogen (secondary N) is 1. The summed E-state index contributed by atoms with van der Waals surface area (Å²) in [5, 5.41) is 5.53. The fraction of sp³-hybridized carbons (Fsp3) is 0.889. The summed E-state index contributed by atoms with van der Waals surface area (Å²) in [6.07, 6.45) is 7.06. The molecule has 0 aromatic rings. The molecule has 0 saturated heterocycles. The molecule has 0 amide bonds. The fourth-order valence-electron chi connectivity index (χ4n) is 1.70. The van der Waals surface area contributed by atoms with E-state index in [1.54, 1.807) is 0 Å². The number of quaternary nitrogens is 1. The maximum absolute atomic E-state index is 3.70. The van der Waals surface area contributed by atoms with Crippen LogP contribution in [-0.4, -0.2) is 19.1 Å². The van der Waals surface area contributed by atoms with Gasteiger partial charge in [0.1, 0.15) is 0 Å². The fourth-order valence-corrected chi connectivity index (χ4v) is 1.70. The first-order chi connectivity index (χ1) is 5.43. The predicted molar refractivity (Wildman–Crippen MR) is 47.0 cm³/mol. The second-order valence-electron chi connectivity index (χ2n) is 3.37. The molecule has 0 atom stereocenters. The van der Waals surface area contributed by atoms with Crippen molar-refractivity contribution < 1.29 is 5.32 Å². The monoisotopic (exact) mass is 156 g/mol. The van der Waals surface area contributed by atoms with Crippen molar-refractivity contribution in [2.24, 2.45) is 0 Å². The third-order valence-corrected chi connectivity index (χ3v) is 2.39. The van der Waals surface area contributed by atoms with Gasteiger partial charge in [0.05, 0.1) is 6.54 Å². The van der Waals surface area contributed by atoms with E-state index in [4.69, 9.17) is 0 Å². The molecule has 1 fully saturated rings. The van der Waals surface area contributed by atoms with E-state index in [9.17, 15) is 0 Å². The molecule has 0 aliphatic heterocycles. The number of hydrogen-bond donors (Lipinski definition) is 2. The van der Waals surface area contributed by atoms with E-state index in [2.05, 4.69) is 12.4 Å². The molecule has 1 aliphatic rings. The first-order valence-electron chi connectivity index (χ1n) is 4.78. The van der Waals surface area contributed by atoms with E-state index in [-0.39, 0.29) is 0 Å². The maximum Gasteiger partial charge on any atom is 0.0642 e. The van der Waals surface area contributed by atoms with Crippen molar-refractivity contribution in [3.05, 3.63) is 7.05 Å². The Hall–Kier alpha value is -0.0800. The lowest BCUT2D eigenvalue weighted by Gasteiger charge is -2.22. The highest BCUT2D eigenvalue weighted by molar-refractivity contribution is 4.70. The lowest BCUT2D eigenvalue weighted by molar-refractivity contribution is -0.593. The molecule has 1 saturated carbocycles.